The molecule has 4 N–H and O–H groups in total. The normalized spacial score (nSPS) is 15.7. The van der Waals surface area contributed by atoms with Crippen LogP contribution in [0.2, 0.25) is 0 Å². The summed E-state index contributed by atoms with van der Waals surface area (Å²) in [5, 5.41) is 12.6. The van der Waals surface area contributed by atoms with E-state index in [0.717, 1.165) is 18.4 Å². The molecule has 1 aliphatic carbocycles. The third-order valence-corrected chi connectivity index (χ3v) is 3.39. The maximum Gasteiger partial charge on any atom is 0.224 e. The van der Waals surface area contributed by atoms with Gasteiger partial charge in [-0.05, 0) is 43.9 Å². The highest BCUT2D eigenvalue weighted by atomic mass is 16.5. The minimum atomic E-state index is -0.241. The Kier molecular flexibility index (Phi) is 4.84. The zero-order valence-corrected chi connectivity index (χ0v) is 11.8. The zero-order chi connectivity index (χ0) is 14.5. The topological polar surface area (TPSA) is 84.6 Å². The molecule has 0 aromatic heterocycles. The number of carbonyl (C=O) groups is 1. The van der Waals surface area contributed by atoms with Crippen LogP contribution in [0.1, 0.15) is 25.3 Å². The number of nitrogens with one attached hydrogen (secondary N) is 1. The van der Waals surface area contributed by atoms with Gasteiger partial charge in [0.05, 0.1) is 12.5 Å². The van der Waals surface area contributed by atoms with Gasteiger partial charge in [0.15, 0.2) is 11.5 Å². The van der Waals surface area contributed by atoms with Crippen LogP contribution in [0, 0.1) is 5.92 Å². The number of phenols is 1. The molecule has 0 radical (unpaired) electrons. The summed E-state index contributed by atoms with van der Waals surface area (Å²) in [5.74, 6) is 0.335. The Morgan fingerprint density at radius 1 is 1.55 bits per heavy atom. The first kappa shape index (κ1) is 14.7. The monoisotopic (exact) mass is 278 g/mol. The number of ether oxygens (including phenoxy) is 1. The predicted molar refractivity (Wildman–Crippen MR) is 76.7 cm³/mol. The van der Waals surface area contributed by atoms with Crippen LogP contribution in [0.5, 0.6) is 11.5 Å². The Morgan fingerprint density at radius 2 is 2.30 bits per heavy atom. The highest BCUT2D eigenvalue weighted by Gasteiger charge is 2.27. The van der Waals surface area contributed by atoms with Gasteiger partial charge in [-0.1, -0.05) is 6.07 Å². The summed E-state index contributed by atoms with van der Waals surface area (Å²) < 4.78 is 5.35. The van der Waals surface area contributed by atoms with E-state index in [2.05, 4.69) is 5.32 Å². The Labute approximate surface area is 119 Å². The first-order chi connectivity index (χ1) is 9.63. The quantitative estimate of drug-likeness (QED) is 0.699. The van der Waals surface area contributed by atoms with E-state index in [0.29, 0.717) is 31.4 Å². The van der Waals surface area contributed by atoms with E-state index < -0.39 is 0 Å². The minimum absolute atomic E-state index is 0.0148. The highest BCUT2D eigenvalue weighted by molar-refractivity contribution is 5.79. The average Bonchev–Trinajstić information content (AvgIpc) is 3.23. The molecule has 1 amide bonds. The summed E-state index contributed by atoms with van der Waals surface area (Å²) in [6.45, 7) is 2.65. The molecule has 5 heteroatoms. The van der Waals surface area contributed by atoms with Crippen molar-refractivity contribution in [1.29, 1.82) is 0 Å². The Bertz CT molecular complexity index is 472. The molecule has 1 aromatic carbocycles. The van der Waals surface area contributed by atoms with Crippen molar-refractivity contribution in [2.45, 2.75) is 32.2 Å². The van der Waals surface area contributed by atoms with Crippen molar-refractivity contribution < 1.29 is 14.6 Å². The maximum absolute atomic E-state index is 12.0. The van der Waals surface area contributed by atoms with Gasteiger partial charge in [-0.15, -0.1) is 0 Å². The van der Waals surface area contributed by atoms with Crippen molar-refractivity contribution in [2.24, 2.45) is 11.7 Å². The number of carbonyl (C=O) groups excluding carboxylic acids is 1. The number of amides is 1. The van der Waals surface area contributed by atoms with Gasteiger partial charge in [0.2, 0.25) is 5.91 Å². The molecule has 1 aliphatic rings. The van der Waals surface area contributed by atoms with Crippen LogP contribution in [0.15, 0.2) is 18.2 Å². The summed E-state index contributed by atoms with van der Waals surface area (Å²) in [6.07, 6.45) is 2.68. The second-order valence-electron chi connectivity index (χ2n) is 5.15. The number of aromatic hydroxyl groups is 1. The second kappa shape index (κ2) is 6.61. The van der Waals surface area contributed by atoms with Gasteiger partial charge in [0.1, 0.15) is 0 Å². The van der Waals surface area contributed by atoms with Crippen LogP contribution in [0.3, 0.4) is 0 Å². The molecule has 2 rings (SSSR count). The Morgan fingerprint density at radius 3 is 2.90 bits per heavy atom. The zero-order valence-electron chi connectivity index (χ0n) is 11.8. The molecule has 0 saturated heterocycles. The lowest BCUT2D eigenvalue weighted by Gasteiger charge is -2.15. The standard InChI is InChI=1S/C15H22N2O3/c1-2-20-14-8-10(3-6-13(14)18)7-11(9-16)15(19)17-12-4-5-12/h3,6,8,11-12,18H,2,4-5,7,9,16H2,1H3,(H,17,19). The molecule has 110 valence electrons. The summed E-state index contributed by atoms with van der Waals surface area (Å²) in [5.41, 5.74) is 6.64. The van der Waals surface area contributed by atoms with Crippen LogP contribution in [-0.4, -0.2) is 30.2 Å². The minimum Gasteiger partial charge on any atom is -0.504 e. The summed E-state index contributed by atoms with van der Waals surface area (Å²) in [6, 6.07) is 5.50. The molecule has 1 saturated carbocycles. The molecule has 1 fully saturated rings. The third-order valence-electron chi connectivity index (χ3n) is 3.39. The summed E-state index contributed by atoms with van der Waals surface area (Å²) in [7, 11) is 0. The van der Waals surface area contributed by atoms with Crippen LogP contribution < -0.4 is 15.8 Å². The Balaban J connectivity index is 2.02. The molecule has 0 aliphatic heterocycles. The SMILES string of the molecule is CCOc1cc(CC(CN)C(=O)NC2CC2)ccc1O. The van der Waals surface area contributed by atoms with E-state index >= 15 is 0 Å². The van der Waals surface area contributed by atoms with Crippen LogP contribution in [-0.2, 0) is 11.2 Å². The second-order valence-corrected chi connectivity index (χ2v) is 5.15. The van der Waals surface area contributed by atoms with Crippen molar-refractivity contribution in [3.63, 3.8) is 0 Å². The van der Waals surface area contributed by atoms with Gasteiger partial charge in [0.25, 0.3) is 0 Å². The van der Waals surface area contributed by atoms with Crippen molar-refractivity contribution in [2.75, 3.05) is 13.2 Å². The number of phenolic OH excluding ortho intramolecular Hbond substituents is 1. The number of rotatable bonds is 7. The summed E-state index contributed by atoms with van der Waals surface area (Å²) >= 11 is 0. The molecule has 0 bridgehead atoms. The van der Waals surface area contributed by atoms with E-state index in [1.165, 1.54) is 0 Å². The van der Waals surface area contributed by atoms with Gasteiger partial charge in [-0.2, -0.15) is 0 Å². The number of hydrogen-bond donors (Lipinski definition) is 3. The average molecular weight is 278 g/mol. The first-order valence-corrected chi connectivity index (χ1v) is 7.09. The fourth-order valence-corrected chi connectivity index (χ4v) is 2.07. The molecule has 0 heterocycles. The van der Waals surface area contributed by atoms with E-state index in [1.54, 1.807) is 18.2 Å². The number of benzene rings is 1. The van der Waals surface area contributed by atoms with Crippen molar-refractivity contribution in [3.8, 4) is 11.5 Å². The summed E-state index contributed by atoms with van der Waals surface area (Å²) in [4.78, 5) is 12.0. The van der Waals surface area contributed by atoms with E-state index in [9.17, 15) is 9.90 Å². The largest absolute Gasteiger partial charge is 0.504 e. The number of hydrogen-bond acceptors (Lipinski definition) is 4. The molecule has 5 nitrogen and oxygen atoms in total. The van der Waals surface area contributed by atoms with Gasteiger partial charge in [-0.25, -0.2) is 0 Å². The van der Waals surface area contributed by atoms with Crippen molar-refractivity contribution in [3.05, 3.63) is 23.8 Å². The fraction of sp³-hybridized carbons (Fsp3) is 0.533. The molecule has 0 spiro atoms. The molecule has 1 atom stereocenters. The van der Waals surface area contributed by atoms with Crippen molar-refractivity contribution in [1.82, 2.24) is 5.32 Å². The van der Waals surface area contributed by atoms with E-state index in [4.69, 9.17) is 10.5 Å². The van der Waals surface area contributed by atoms with Crippen LogP contribution in [0.4, 0.5) is 0 Å². The Hall–Kier alpha value is -1.75. The van der Waals surface area contributed by atoms with E-state index in [1.807, 2.05) is 6.92 Å². The van der Waals surface area contributed by atoms with Gasteiger partial charge in [-0.3, -0.25) is 4.79 Å². The lowest BCUT2D eigenvalue weighted by Crippen LogP contribution is -2.37. The highest BCUT2D eigenvalue weighted by Crippen LogP contribution is 2.28. The van der Waals surface area contributed by atoms with Gasteiger partial charge in [0, 0.05) is 12.6 Å². The molecular formula is C15H22N2O3. The molecule has 1 aromatic rings. The number of nitrogens with two attached hydrogens (primary N) is 1. The molecule has 1 unspecified atom stereocenters. The van der Waals surface area contributed by atoms with E-state index in [-0.39, 0.29) is 17.6 Å². The van der Waals surface area contributed by atoms with Gasteiger partial charge < -0.3 is 20.9 Å². The lowest BCUT2D eigenvalue weighted by atomic mass is 9.98. The lowest BCUT2D eigenvalue weighted by molar-refractivity contribution is -0.124. The smallest absolute Gasteiger partial charge is 0.224 e. The maximum atomic E-state index is 12.0. The van der Waals surface area contributed by atoms with Crippen molar-refractivity contribution >= 4 is 5.91 Å². The fourth-order valence-electron chi connectivity index (χ4n) is 2.07. The first-order valence-electron chi connectivity index (χ1n) is 7.09. The van der Waals surface area contributed by atoms with Crippen LogP contribution in [0.25, 0.3) is 0 Å². The van der Waals surface area contributed by atoms with Crippen LogP contribution >= 0.6 is 0 Å². The predicted octanol–water partition coefficient (Wildman–Crippen LogP) is 1.19. The molecule has 20 heavy (non-hydrogen) atoms. The third kappa shape index (κ3) is 3.87. The molecular weight excluding hydrogens is 256 g/mol. The van der Waals surface area contributed by atoms with Gasteiger partial charge >= 0.3 is 0 Å².